The molecule has 8 heteroatoms. The largest absolute Gasteiger partial charge is 0.550 e. The van der Waals surface area contributed by atoms with Crippen molar-refractivity contribution < 1.29 is 39.2 Å². The van der Waals surface area contributed by atoms with E-state index in [0.717, 1.165) is 0 Å². The molecule has 0 aliphatic rings. The summed E-state index contributed by atoms with van der Waals surface area (Å²) in [6.07, 6.45) is -5.16. The summed E-state index contributed by atoms with van der Waals surface area (Å²) in [5.41, 5.74) is -3.68. The monoisotopic (exact) mass is 207 g/mol. The van der Waals surface area contributed by atoms with Crippen molar-refractivity contribution in [3.05, 3.63) is 0 Å². The number of rotatable bonds is 5. The van der Waals surface area contributed by atoms with E-state index in [-0.39, 0.29) is 0 Å². The van der Waals surface area contributed by atoms with Gasteiger partial charge in [-0.1, -0.05) is 0 Å². The number of alkyl halides is 1. The number of halogens is 1. The molecule has 0 aromatic heterocycles. The average molecular weight is 207 g/mol. The first-order chi connectivity index (χ1) is 6.21. The Morgan fingerprint density at radius 2 is 1.71 bits per heavy atom. The molecule has 80 valence electrons. The van der Waals surface area contributed by atoms with Crippen LogP contribution in [0.25, 0.3) is 0 Å². The highest BCUT2D eigenvalue weighted by Gasteiger charge is 2.40. The number of carbonyl (C=O) groups is 3. The zero-order valence-corrected chi connectivity index (χ0v) is 6.56. The first kappa shape index (κ1) is 12.3. The molecule has 0 amide bonds. The van der Waals surface area contributed by atoms with Gasteiger partial charge in [0.05, 0.1) is 11.9 Å². The van der Waals surface area contributed by atoms with Gasteiger partial charge >= 0.3 is 0 Å². The van der Waals surface area contributed by atoms with Crippen molar-refractivity contribution in [1.82, 2.24) is 0 Å². The molecular formula is C6H4FO7-3. The van der Waals surface area contributed by atoms with E-state index in [1.807, 2.05) is 0 Å². The van der Waals surface area contributed by atoms with Gasteiger partial charge in [-0.2, -0.15) is 0 Å². The summed E-state index contributed by atoms with van der Waals surface area (Å²) in [5.74, 6) is -7.27. The molecule has 0 rings (SSSR count). The Balaban J connectivity index is 4.99. The molecule has 0 aliphatic heterocycles. The Labute approximate surface area is 76.4 Å². The van der Waals surface area contributed by atoms with Crippen molar-refractivity contribution in [3.63, 3.8) is 0 Å². The van der Waals surface area contributed by atoms with Crippen LogP contribution in [0, 0.1) is 0 Å². The van der Waals surface area contributed by atoms with Crippen LogP contribution in [-0.4, -0.2) is 34.8 Å². The molecule has 0 aromatic rings. The summed E-state index contributed by atoms with van der Waals surface area (Å²) in [6, 6.07) is 0. The molecule has 2 atom stereocenters. The van der Waals surface area contributed by atoms with Gasteiger partial charge < -0.3 is 34.8 Å². The van der Waals surface area contributed by atoms with Gasteiger partial charge in [0.2, 0.25) is 0 Å². The zero-order chi connectivity index (χ0) is 11.5. The molecule has 0 heterocycles. The second kappa shape index (κ2) is 4.01. The van der Waals surface area contributed by atoms with Crippen molar-refractivity contribution in [1.29, 1.82) is 0 Å². The number of aliphatic carboxylic acids is 3. The Morgan fingerprint density at radius 3 is 1.93 bits per heavy atom. The molecule has 0 aromatic carbocycles. The molecule has 0 radical (unpaired) electrons. The Kier molecular flexibility index (Phi) is 3.52. The highest BCUT2D eigenvalue weighted by atomic mass is 19.1. The second-order valence-corrected chi connectivity index (χ2v) is 2.44. The van der Waals surface area contributed by atoms with Crippen LogP contribution < -0.4 is 15.3 Å². The third kappa shape index (κ3) is 2.39. The third-order valence-electron chi connectivity index (χ3n) is 1.39. The molecular weight excluding hydrogens is 203 g/mol. The minimum absolute atomic E-state index is 1.75. The maximum atomic E-state index is 12.6. The molecule has 14 heavy (non-hydrogen) atoms. The fraction of sp³-hybridized carbons (Fsp3) is 0.500. The van der Waals surface area contributed by atoms with Crippen molar-refractivity contribution in [2.45, 2.75) is 18.2 Å². The van der Waals surface area contributed by atoms with Gasteiger partial charge in [-0.05, 0) is 0 Å². The van der Waals surface area contributed by atoms with Crippen molar-refractivity contribution in [2.24, 2.45) is 0 Å². The average Bonchev–Trinajstić information content (AvgIpc) is 2.00. The highest BCUT2D eigenvalue weighted by Crippen LogP contribution is 2.17. The highest BCUT2D eigenvalue weighted by molar-refractivity contribution is 5.88. The Bertz CT molecular complexity index is 275. The molecule has 1 N–H and O–H groups in total. The van der Waals surface area contributed by atoms with Gasteiger partial charge in [0.15, 0.2) is 6.17 Å². The number of hydrogen-bond donors (Lipinski definition) is 1. The molecule has 0 saturated heterocycles. The molecule has 7 nitrogen and oxygen atoms in total. The molecule has 0 bridgehead atoms. The summed E-state index contributed by atoms with van der Waals surface area (Å²) < 4.78 is 12.6. The van der Waals surface area contributed by atoms with E-state index in [0.29, 0.717) is 0 Å². The standard InChI is InChI=1S/C6H7FO7/c7-3(4(10)11)6(14,5(12)13)1-2(8)9/h3,14H,1H2,(H,8,9)(H,10,11)(H,12,13)/p-3. The first-order valence-electron chi connectivity index (χ1n) is 3.20. The van der Waals surface area contributed by atoms with Crippen LogP contribution in [-0.2, 0) is 14.4 Å². The van der Waals surface area contributed by atoms with Gasteiger partial charge in [-0.3, -0.25) is 0 Å². The number of carboxylic acid groups (broad SMARTS) is 3. The van der Waals surface area contributed by atoms with Crippen LogP contribution in [0.15, 0.2) is 0 Å². The lowest BCUT2D eigenvalue weighted by atomic mass is 9.94. The number of carbonyl (C=O) groups excluding carboxylic acids is 3. The SMILES string of the molecule is O=C([O-])CC(O)(C(=O)[O-])C(F)C(=O)[O-]. The summed E-state index contributed by atoms with van der Waals surface area (Å²) in [7, 11) is 0. The second-order valence-electron chi connectivity index (χ2n) is 2.44. The van der Waals surface area contributed by atoms with Crippen LogP contribution in [0.4, 0.5) is 4.39 Å². The number of aliphatic hydroxyl groups is 1. The van der Waals surface area contributed by atoms with Crippen molar-refractivity contribution in [2.75, 3.05) is 0 Å². The lowest BCUT2D eigenvalue weighted by Gasteiger charge is -2.32. The topological polar surface area (TPSA) is 141 Å². The zero-order valence-electron chi connectivity index (χ0n) is 6.56. The van der Waals surface area contributed by atoms with E-state index < -0.39 is 36.1 Å². The van der Waals surface area contributed by atoms with Gasteiger partial charge in [0, 0.05) is 12.4 Å². The third-order valence-corrected chi connectivity index (χ3v) is 1.39. The normalized spacial score (nSPS) is 16.7. The van der Waals surface area contributed by atoms with Crippen LogP contribution >= 0.6 is 0 Å². The molecule has 2 unspecified atom stereocenters. The smallest absolute Gasteiger partial charge is 0.174 e. The molecule has 0 saturated carbocycles. The van der Waals surface area contributed by atoms with Gasteiger partial charge in [-0.25, -0.2) is 4.39 Å². The van der Waals surface area contributed by atoms with Crippen LogP contribution in [0.2, 0.25) is 0 Å². The summed E-state index contributed by atoms with van der Waals surface area (Å²) in [6.45, 7) is 0. The lowest BCUT2D eigenvalue weighted by Crippen LogP contribution is -2.61. The maximum absolute atomic E-state index is 12.6. The quantitative estimate of drug-likeness (QED) is 0.474. The van der Waals surface area contributed by atoms with E-state index in [9.17, 15) is 34.1 Å². The predicted molar refractivity (Wildman–Crippen MR) is 29.5 cm³/mol. The predicted octanol–water partition coefficient (Wildman–Crippen LogP) is -5.30. The molecule has 0 fully saturated rings. The fourth-order valence-electron chi connectivity index (χ4n) is 0.680. The van der Waals surface area contributed by atoms with E-state index >= 15 is 0 Å². The number of hydrogen-bond acceptors (Lipinski definition) is 7. The molecule has 0 aliphatic carbocycles. The van der Waals surface area contributed by atoms with Gasteiger partial charge in [0.1, 0.15) is 5.60 Å². The van der Waals surface area contributed by atoms with E-state index in [4.69, 9.17) is 5.11 Å². The summed E-state index contributed by atoms with van der Waals surface area (Å²) in [4.78, 5) is 29.9. The fourth-order valence-corrected chi connectivity index (χ4v) is 0.680. The minimum atomic E-state index is -3.68. The van der Waals surface area contributed by atoms with Crippen LogP contribution in [0.5, 0.6) is 0 Å². The molecule has 0 spiro atoms. The van der Waals surface area contributed by atoms with Crippen molar-refractivity contribution >= 4 is 17.9 Å². The Hall–Kier alpha value is -1.70. The van der Waals surface area contributed by atoms with Crippen LogP contribution in [0.3, 0.4) is 0 Å². The van der Waals surface area contributed by atoms with E-state index in [1.165, 1.54) is 0 Å². The van der Waals surface area contributed by atoms with E-state index in [1.54, 1.807) is 0 Å². The number of carboxylic acids is 3. The van der Waals surface area contributed by atoms with E-state index in [2.05, 4.69) is 0 Å². The van der Waals surface area contributed by atoms with Crippen molar-refractivity contribution in [3.8, 4) is 0 Å². The van der Waals surface area contributed by atoms with Gasteiger partial charge in [0.25, 0.3) is 0 Å². The van der Waals surface area contributed by atoms with Gasteiger partial charge in [-0.15, -0.1) is 0 Å². The Morgan fingerprint density at radius 1 is 1.29 bits per heavy atom. The maximum Gasteiger partial charge on any atom is 0.174 e. The summed E-state index contributed by atoms with van der Waals surface area (Å²) in [5, 5.41) is 38.7. The van der Waals surface area contributed by atoms with Crippen LogP contribution in [0.1, 0.15) is 6.42 Å². The lowest BCUT2D eigenvalue weighted by molar-refractivity contribution is -0.346. The summed E-state index contributed by atoms with van der Waals surface area (Å²) >= 11 is 0. The minimum Gasteiger partial charge on any atom is -0.550 e. The first-order valence-corrected chi connectivity index (χ1v) is 3.20.